The molecule has 0 spiro atoms. The number of rotatable bonds is 3. The van der Waals surface area contributed by atoms with Gasteiger partial charge in [-0.15, -0.1) is 11.3 Å². The van der Waals surface area contributed by atoms with Gasteiger partial charge in [0.25, 0.3) is 0 Å². The minimum Gasteiger partial charge on any atom is -0.312 e. The Morgan fingerprint density at radius 1 is 1.29 bits per heavy atom. The molecule has 1 aromatic rings. The number of aromatic nitrogens is 1. The Labute approximate surface area is 96.7 Å². The summed E-state index contributed by atoms with van der Waals surface area (Å²) in [6.07, 6.45) is -9.49. The molecule has 0 bridgehead atoms. The third-order valence-electron chi connectivity index (χ3n) is 1.89. The van der Waals surface area contributed by atoms with Crippen LogP contribution in [0.5, 0.6) is 0 Å². The Bertz CT molecular complexity index is 369. The molecule has 98 valence electrons. The highest BCUT2D eigenvalue weighted by molar-refractivity contribution is 7.11. The second-order valence-electron chi connectivity index (χ2n) is 3.23. The Balaban J connectivity index is 2.87. The van der Waals surface area contributed by atoms with Crippen molar-refractivity contribution in [2.75, 3.05) is 7.05 Å². The van der Waals surface area contributed by atoms with Gasteiger partial charge < -0.3 is 5.32 Å². The minimum absolute atomic E-state index is 0.0860. The van der Waals surface area contributed by atoms with E-state index in [1.807, 2.05) is 0 Å². The van der Waals surface area contributed by atoms with E-state index >= 15 is 0 Å². The molecule has 0 aliphatic heterocycles. The van der Waals surface area contributed by atoms with E-state index in [1.54, 1.807) is 0 Å². The van der Waals surface area contributed by atoms with Crippen molar-refractivity contribution in [3.63, 3.8) is 0 Å². The average Bonchev–Trinajstić information content (AvgIpc) is 2.60. The first-order valence-electron chi connectivity index (χ1n) is 4.40. The van der Waals surface area contributed by atoms with Gasteiger partial charge in [-0.1, -0.05) is 0 Å². The van der Waals surface area contributed by atoms with Crippen LogP contribution in [0.2, 0.25) is 0 Å². The highest BCUT2D eigenvalue weighted by Gasteiger charge is 2.37. The first-order valence-corrected chi connectivity index (χ1v) is 5.22. The van der Waals surface area contributed by atoms with E-state index in [-0.39, 0.29) is 16.2 Å². The predicted octanol–water partition coefficient (Wildman–Crippen LogP) is 3.37. The number of alkyl halides is 6. The van der Waals surface area contributed by atoms with Crippen LogP contribution < -0.4 is 5.32 Å². The predicted molar refractivity (Wildman–Crippen MR) is 49.6 cm³/mol. The molecule has 1 aromatic heterocycles. The summed E-state index contributed by atoms with van der Waals surface area (Å²) in [4.78, 5) is 2.99. The maximum atomic E-state index is 12.2. The summed E-state index contributed by atoms with van der Waals surface area (Å²) in [6, 6.07) is -1.21. The molecular weight excluding hydrogens is 270 g/mol. The topological polar surface area (TPSA) is 24.9 Å². The number of hydrogen-bond donors (Lipinski definition) is 1. The maximum absolute atomic E-state index is 12.2. The summed E-state index contributed by atoms with van der Waals surface area (Å²) < 4.78 is 73.1. The number of nitrogens with zero attached hydrogens (tertiary/aromatic N) is 1. The molecule has 0 saturated carbocycles. The van der Waals surface area contributed by atoms with Crippen LogP contribution in [0.15, 0.2) is 6.20 Å². The number of thiazole rings is 1. The zero-order valence-corrected chi connectivity index (χ0v) is 9.30. The normalized spacial score (nSPS) is 15.0. The average molecular weight is 278 g/mol. The maximum Gasteiger partial charge on any atom is 0.443 e. The quantitative estimate of drug-likeness (QED) is 0.857. The standard InChI is InChI=1S/C8H8F6N2S/c1-15-4(2-7(9,10)11)5-3-16-6(17-5)8(12,13)14/h3-4,15H,2H2,1H3. The van der Waals surface area contributed by atoms with E-state index in [0.29, 0.717) is 0 Å². The van der Waals surface area contributed by atoms with E-state index in [9.17, 15) is 26.3 Å². The lowest BCUT2D eigenvalue weighted by atomic mass is 10.2. The van der Waals surface area contributed by atoms with Gasteiger partial charge in [-0.05, 0) is 7.05 Å². The summed E-state index contributed by atoms with van der Waals surface area (Å²) in [6.45, 7) is 0. The molecule has 9 heteroatoms. The lowest BCUT2D eigenvalue weighted by molar-refractivity contribution is -0.140. The van der Waals surface area contributed by atoms with Crippen molar-refractivity contribution in [3.05, 3.63) is 16.1 Å². The molecule has 0 saturated heterocycles. The zero-order valence-electron chi connectivity index (χ0n) is 8.49. The van der Waals surface area contributed by atoms with Crippen LogP contribution >= 0.6 is 11.3 Å². The highest BCUT2D eigenvalue weighted by atomic mass is 32.1. The van der Waals surface area contributed by atoms with E-state index < -0.39 is 29.8 Å². The van der Waals surface area contributed by atoms with Gasteiger partial charge in [0.05, 0.1) is 12.5 Å². The zero-order chi connectivity index (χ0) is 13.3. The third-order valence-corrected chi connectivity index (χ3v) is 3.05. The molecule has 0 aromatic carbocycles. The molecule has 0 fully saturated rings. The molecule has 2 nitrogen and oxygen atoms in total. The Morgan fingerprint density at radius 3 is 2.24 bits per heavy atom. The molecule has 1 rings (SSSR count). The number of halogens is 6. The van der Waals surface area contributed by atoms with Crippen LogP contribution in [0.3, 0.4) is 0 Å². The lowest BCUT2D eigenvalue weighted by Crippen LogP contribution is -2.22. The second-order valence-corrected chi connectivity index (χ2v) is 4.29. The van der Waals surface area contributed by atoms with Crippen LogP contribution in [0.1, 0.15) is 22.3 Å². The largest absolute Gasteiger partial charge is 0.443 e. The molecule has 1 atom stereocenters. The SMILES string of the molecule is CNC(CC(F)(F)F)c1cnc(C(F)(F)F)s1. The molecule has 1 unspecified atom stereocenters. The monoisotopic (exact) mass is 278 g/mol. The molecule has 17 heavy (non-hydrogen) atoms. The fourth-order valence-electron chi connectivity index (χ4n) is 1.16. The molecular formula is C8H8F6N2S. The van der Waals surface area contributed by atoms with Crippen molar-refractivity contribution in [3.8, 4) is 0 Å². The van der Waals surface area contributed by atoms with Crippen LogP contribution in [0.25, 0.3) is 0 Å². The van der Waals surface area contributed by atoms with E-state index in [2.05, 4.69) is 10.3 Å². The Kier molecular flexibility index (Phi) is 4.03. The minimum atomic E-state index is -4.63. The van der Waals surface area contributed by atoms with Gasteiger partial charge in [0, 0.05) is 11.1 Å². The molecule has 1 heterocycles. The fourth-order valence-corrected chi connectivity index (χ4v) is 2.05. The Morgan fingerprint density at radius 2 is 1.88 bits per heavy atom. The summed E-state index contributed by atoms with van der Waals surface area (Å²) >= 11 is 0.215. The summed E-state index contributed by atoms with van der Waals surface area (Å²) in [5.41, 5.74) is 0. The highest BCUT2D eigenvalue weighted by Crippen LogP contribution is 2.37. The van der Waals surface area contributed by atoms with Gasteiger partial charge in [0.15, 0.2) is 5.01 Å². The molecule has 0 radical (unpaired) electrons. The summed E-state index contributed by atoms with van der Waals surface area (Å²) in [7, 11) is 1.25. The van der Waals surface area contributed by atoms with Crippen LogP contribution in [0.4, 0.5) is 26.3 Å². The van der Waals surface area contributed by atoms with Gasteiger partial charge in [-0.3, -0.25) is 0 Å². The van der Waals surface area contributed by atoms with Gasteiger partial charge in [-0.25, -0.2) is 4.98 Å². The smallest absolute Gasteiger partial charge is 0.312 e. The summed E-state index contributed by atoms with van der Waals surface area (Å²) in [5, 5.41) is 1.18. The van der Waals surface area contributed by atoms with Crippen LogP contribution in [-0.2, 0) is 6.18 Å². The summed E-state index contributed by atoms with van der Waals surface area (Å²) in [5.74, 6) is 0. The molecule has 1 N–H and O–H groups in total. The van der Waals surface area contributed by atoms with Gasteiger partial charge in [-0.2, -0.15) is 26.3 Å². The van der Waals surface area contributed by atoms with Crippen molar-refractivity contribution in [2.45, 2.75) is 24.8 Å². The van der Waals surface area contributed by atoms with Gasteiger partial charge in [0.1, 0.15) is 0 Å². The third kappa shape index (κ3) is 4.15. The molecule has 0 amide bonds. The fraction of sp³-hybridized carbons (Fsp3) is 0.625. The number of nitrogens with one attached hydrogen (secondary N) is 1. The van der Waals surface area contributed by atoms with E-state index in [0.717, 1.165) is 6.20 Å². The van der Waals surface area contributed by atoms with E-state index in [4.69, 9.17) is 0 Å². The van der Waals surface area contributed by atoms with Crippen LogP contribution in [-0.4, -0.2) is 18.2 Å². The van der Waals surface area contributed by atoms with E-state index in [1.165, 1.54) is 7.05 Å². The van der Waals surface area contributed by atoms with Crippen molar-refractivity contribution < 1.29 is 26.3 Å². The van der Waals surface area contributed by atoms with Gasteiger partial charge in [0.2, 0.25) is 0 Å². The van der Waals surface area contributed by atoms with Crippen molar-refractivity contribution in [1.29, 1.82) is 0 Å². The van der Waals surface area contributed by atoms with Crippen molar-refractivity contribution in [1.82, 2.24) is 10.3 Å². The van der Waals surface area contributed by atoms with Crippen molar-refractivity contribution in [2.24, 2.45) is 0 Å². The van der Waals surface area contributed by atoms with Gasteiger partial charge >= 0.3 is 12.4 Å². The first kappa shape index (κ1) is 14.2. The first-order chi connectivity index (χ1) is 7.63. The molecule has 0 aliphatic rings. The van der Waals surface area contributed by atoms with Crippen molar-refractivity contribution >= 4 is 11.3 Å². The Hall–Kier alpha value is -0.830. The second kappa shape index (κ2) is 4.81. The number of hydrogen-bond acceptors (Lipinski definition) is 3. The van der Waals surface area contributed by atoms with Crippen LogP contribution in [0, 0.1) is 0 Å². The lowest BCUT2D eigenvalue weighted by Gasteiger charge is -2.15. The molecule has 0 aliphatic carbocycles.